The molecule has 1 aromatic heterocycles. The number of hydrogen-bond donors (Lipinski definition) is 3. The van der Waals surface area contributed by atoms with Gasteiger partial charge in [-0.1, -0.05) is 19.1 Å². The minimum atomic E-state index is -3.63. The van der Waals surface area contributed by atoms with Crippen LogP contribution in [0.2, 0.25) is 0 Å². The lowest BCUT2D eigenvalue weighted by atomic mass is 10.1. The highest BCUT2D eigenvalue weighted by Gasteiger charge is 2.24. The molecular weight excluding hydrogens is 392 g/mol. The standard InChI is InChI=1S/C20H22N4O4S/c1-4-15(16-10-5-7-12(2)22-16)24-18-17(19(25)20(18)26)23-13-8-6-9-14(11-13)29(27,28)21-3/h5-11,15,21,23-24H,4H2,1-3H3. The molecule has 3 N–H and O–H groups in total. The maximum atomic E-state index is 12.1. The number of hydrogen-bond acceptors (Lipinski definition) is 7. The van der Waals surface area contributed by atoms with E-state index in [1.165, 1.54) is 19.2 Å². The van der Waals surface area contributed by atoms with Crippen LogP contribution in [0.1, 0.15) is 30.8 Å². The number of nitrogens with zero attached hydrogens (tertiary/aromatic N) is 1. The molecular formula is C20H22N4O4S. The summed E-state index contributed by atoms with van der Waals surface area (Å²) in [7, 11) is -2.31. The molecule has 0 aliphatic carbocycles. The van der Waals surface area contributed by atoms with Gasteiger partial charge in [0.2, 0.25) is 10.0 Å². The summed E-state index contributed by atoms with van der Waals surface area (Å²) in [5.74, 6) is 0. The molecule has 0 bridgehead atoms. The van der Waals surface area contributed by atoms with Gasteiger partial charge in [-0.25, -0.2) is 13.1 Å². The molecule has 152 valence electrons. The fourth-order valence-electron chi connectivity index (χ4n) is 2.97. The molecule has 0 fully saturated rings. The maximum absolute atomic E-state index is 12.1. The zero-order chi connectivity index (χ0) is 21.2. The molecule has 3 rings (SSSR count). The monoisotopic (exact) mass is 414 g/mol. The Balaban J connectivity index is 1.89. The van der Waals surface area contributed by atoms with Crippen LogP contribution in [0.3, 0.4) is 0 Å². The van der Waals surface area contributed by atoms with Gasteiger partial charge in [-0.15, -0.1) is 0 Å². The molecule has 0 aliphatic heterocycles. The number of rotatable bonds is 8. The second kappa shape index (κ2) is 8.14. The quantitative estimate of drug-likeness (QED) is 0.484. The van der Waals surface area contributed by atoms with Gasteiger partial charge in [-0.3, -0.25) is 14.6 Å². The van der Waals surface area contributed by atoms with Crippen molar-refractivity contribution < 1.29 is 8.42 Å². The van der Waals surface area contributed by atoms with Crippen LogP contribution in [0.25, 0.3) is 0 Å². The van der Waals surface area contributed by atoms with Gasteiger partial charge in [0, 0.05) is 11.4 Å². The molecule has 9 heteroatoms. The van der Waals surface area contributed by atoms with E-state index in [2.05, 4.69) is 20.3 Å². The van der Waals surface area contributed by atoms with Gasteiger partial charge in [0.1, 0.15) is 11.4 Å². The van der Waals surface area contributed by atoms with E-state index in [0.29, 0.717) is 12.1 Å². The number of aryl methyl sites for hydroxylation is 1. The molecule has 0 aliphatic rings. The lowest BCUT2D eigenvalue weighted by molar-refractivity contribution is 0.588. The van der Waals surface area contributed by atoms with Crippen LogP contribution >= 0.6 is 0 Å². The predicted octanol–water partition coefficient (Wildman–Crippen LogP) is 2.20. The van der Waals surface area contributed by atoms with E-state index in [4.69, 9.17) is 0 Å². The molecule has 1 unspecified atom stereocenters. The van der Waals surface area contributed by atoms with Crippen LogP contribution in [0, 0.1) is 6.92 Å². The van der Waals surface area contributed by atoms with Gasteiger partial charge >= 0.3 is 0 Å². The minimum Gasteiger partial charge on any atom is -0.372 e. The maximum Gasteiger partial charge on any atom is 0.253 e. The number of sulfonamides is 1. The summed E-state index contributed by atoms with van der Waals surface area (Å²) in [6.45, 7) is 3.83. The van der Waals surface area contributed by atoms with Gasteiger partial charge < -0.3 is 10.6 Å². The fourth-order valence-corrected chi connectivity index (χ4v) is 3.74. The smallest absolute Gasteiger partial charge is 0.253 e. The summed E-state index contributed by atoms with van der Waals surface area (Å²) in [6.07, 6.45) is 0.657. The third-order valence-electron chi connectivity index (χ3n) is 4.59. The summed E-state index contributed by atoms with van der Waals surface area (Å²) >= 11 is 0. The number of nitrogens with one attached hydrogen (secondary N) is 3. The first-order chi connectivity index (χ1) is 13.8. The van der Waals surface area contributed by atoms with Crippen molar-refractivity contribution in [3.8, 4) is 0 Å². The average molecular weight is 414 g/mol. The Morgan fingerprint density at radius 3 is 2.38 bits per heavy atom. The molecule has 0 amide bonds. The molecule has 8 nitrogen and oxygen atoms in total. The van der Waals surface area contributed by atoms with Gasteiger partial charge in [-0.2, -0.15) is 0 Å². The topological polar surface area (TPSA) is 117 Å². The summed E-state index contributed by atoms with van der Waals surface area (Å²) < 4.78 is 26.2. The number of pyridine rings is 1. The van der Waals surface area contributed by atoms with E-state index in [-0.39, 0.29) is 22.3 Å². The SMILES string of the molecule is CCC(Nc1c(Nc2cccc(S(=O)(=O)NC)c2)c(=O)c1=O)c1cccc(C)n1. The van der Waals surface area contributed by atoms with Gasteiger partial charge in [0.15, 0.2) is 0 Å². The van der Waals surface area contributed by atoms with Crippen molar-refractivity contribution in [1.82, 2.24) is 9.71 Å². The molecule has 3 aromatic rings. The summed E-state index contributed by atoms with van der Waals surface area (Å²) in [5, 5.41) is 5.98. The molecule has 0 saturated carbocycles. The van der Waals surface area contributed by atoms with Crippen molar-refractivity contribution in [2.75, 3.05) is 17.7 Å². The van der Waals surface area contributed by atoms with Crippen LogP contribution in [0.4, 0.5) is 17.1 Å². The third-order valence-corrected chi connectivity index (χ3v) is 6.00. The normalized spacial score (nSPS) is 12.7. The van der Waals surface area contributed by atoms with Crippen molar-refractivity contribution in [3.05, 3.63) is 74.3 Å². The molecule has 1 heterocycles. The van der Waals surface area contributed by atoms with Crippen LogP contribution in [-0.2, 0) is 10.0 Å². The zero-order valence-corrected chi connectivity index (χ0v) is 17.1. The molecule has 1 atom stereocenters. The number of anilines is 3. The zero-order valence-electron chi connectivity index (χ0n) is 16.3. The van der Waals surface area contributed by atoms with Crippen molar-refractivity contribution >= 4 is 27.1 Å². The largest absolute Gasteiger partial charge is 0.372 e. The van der Waals surface area contributed by atoms with E-state index in [0.717, 1.165) is 11.4 Å². The van der Waals surface area contributed by atoms with Crippen molar-refractivity contribution in [2.24, 2.45) is 0 Å². The Labute approximate surface area is 168 Å². The Morgan fingerprint density at radius 1 is 1.03 bits per heavy atom. The van der Waals surface area contributed by atoms with E-state index < -0.39 is 20.9 Å². The van der Waals surface area contributed by atoms with Gasteiger partial charge in [0.25, 0.3) is 10.9 Å². The van der Waals surface area contributed by atoms with Gasteiger partial charge in [0.05, 0.1) is 16.6 Å². The Hall–Kier alpha value is -3.04. The number of aromatic nitrogens is 1. The average Bonchev–Trinajstić information content (AvgIpc) is 2.73. The first kappa shape index (κ1) is 20.7. The van der Waals surface area contributed by atoms with Crippen LogP contribution in [0.15, 0.2) is 56.9 Å². The minimum absolute atomic E-state index is 0.0496. The lowest BCUT2D eigenvalue weighted by Crippen LogP contribution is -2.37. The first-order valence-corrected chi connectivity index (χ1v) is 10.6. The first-order valence-electron chi connectivity index (χ1n) is 9.11. The molecule has 0 saturated heterocycles. The molecule has 0 spiro atoms. The second-order valence-electron chi connectivity index (χ2n) is 6.58. The van der Waals surface area contributed by atoms with Crippen molar-refractivity contribution in [2.45, 2.75) is 31.2 Å². The molecule has 29 heavy (non-hydrogen) atoms. The highest BCUT2D eigenvalue weighted by Crippen LogP contribution is 2.27. The summed E-state index contributed by atoms with van der Waals surface area (Å²) in [4.78, 5) is 28.8. The molecule has 2 aromatic carbocycles. The molecule has 0 radical (unpaired) electrons. The Kier molecular flexibility index (Phi) is 5.81. The number of benzene rings is 1. The van der Waals surface area contributed by atoms with Crippen molar-refractivity contribution in [3.63, 3.8) is 0 Å². The highest BCUT2D eigenvalue weighted by molar-refractivity contribution is 7.89. The van der Waals surface area contributed by atoms with E-state index in [9.17, 15) is 18.0 Å². The van der Waals surface area contributed by atoms with Gasteiger partial charge in [-0.05, 0) is 50.7 Å². The lowest BCUT2D eigenvalue weighted by Gasteiger charge is -2.21. The van der Waals surface area contributed by atoms with E-state index in [1.807, 2.05) is 32.0 Å². The Morgan fingerprint density at radius 2 is 1.72 bits per heavy atom. The van der Waals surface area contributed by atoms with Crippen LogP contribution < -0.4 is 26.2 Å². The summed E-state index contributed by atoms with van der Waals surface area (Å²) in [6, 6.07) is 11.4. The van der Waals surface area contributed by atoms with Crippen LogP contribution in [-0.4, -0.2) is 20.4 Å². The van der Waals surface area contributed by atoms with Crippen LogP contribution in [0.5, 0.6) is 0 Å². The van der Waals surface area contributed by atoms with Crippen molar-refractivity contribution in [1.29, 1.82) is 0 Å². The highest BCUT2D eigenvalue weighted by atomic mass is 32.2. The third kappa shape index (κ3) is 4.20. The second-order valence-corrected chi connectivity index (χ2v) is 8.46. The summed E-state index contributed by atoms with van der Waals surface area (Å²) in [5.41, 5.74) is 1.03. The fraction of sp³-hybridized carbons (Fsp3) is 0.250. The Bertz CT molecular complexity index is 1210. The van der Waals surface area contributed by atoms with E-state index >= 15 is 0 Å². The predicted molar refractivity (Wildman–Crippen MR) is 113 cm³/mol. The van der Waals surface area contributed by atoms with E-state index in [1.54, 1.807) is 12.1 Å².